The van der Waals surface area contributed by atoms with Crippen LogP contribution in [-0.4, -0.2) is 57.1 Å². The molecule has 0 aromatic carbocycles. The van der Waals surface area contributed by atoms with Crippen molar-refractivity contribution < 1.29 is 14.7 Å². The average Bonchev–Trinajstić information content (AvgIpc) is 2.87. The second-order valence-electron chi connectivity index (χ2n) is 4.70. The normalized spacial score (nSPS) is 19.7. The van der Waals surface area contributed by atoms with E-state index < -0.39 is 12.0 Å². The Morgan fingerprint density at radius 1 is 1.53 bits per heavy atom. The van der Waals surface area contributed by atoms with Crippen LogP contribution in [0.15, 0.2) is 0 Å². The van der Waals surface area contributed by atoms with Gasteiger partial charge in [-0.25, -0.2) is 4.79 Å². The summed E-state index contributed by atoms with van der Waals surface area (Å²) in [5.74, 6) is -1.19. The molecule has 1 saturated heterocycles. The van der Waals surface area contributed by atoms with E-state index in [1.165, 1.54) is 4.90 Å². The van der Waals surface area contributed by atoms with Crippen molar-refractivity contribution in [3.63, 3.8) is 0 Å². The molecule has 2 N–H and O–H groups in total. The Morgan fingerprint density at radius 2 is 2.26 bits per heavy atom. The Balaban J connectivity index is 2.26. The fourth-order valence-electron chi connectivity index (χ4n) is 2.02. The SMILES string of the molecule is CC(C)c1nnsc1C(=O)N1CCNCC1C(=O)O. The zero-order valence-electron chi connectivity index (χ0n) is 10.8. The number of piperazine rings is 1. The summed E-state index contributed by atoms with van der Waals surface area (Å²) in [4.78, 5) is 25.5. The minimum Gasteiger partial charge on any atom is -0.480 e. The predicted molar refractivity (Wildman–Crippen MR) is 69.3 cm³/mol. The Hall–Kier alpha value is -1.54. The van der Waals surface area contributed by atoms with Gasteiger partial charge < -0.3 is 15.3 Å². The number of carboxylic acids is 1. The topological polar surface area (TPSA) is 95.4 Å². The van der Waals surface area contributed by atoms with Gasteiger partial charge in [0.25, 0.3) is 5.91 Å². The monoisotopic (exact) mass is 284 g/mol. The average molecular weight is 284 g/mol. The number of amides is 1. The van der Waals surface area contributed by atoms with Crippen LogP contribution < -0.4 is 5.32 Å². The molecule has 1 fully saturated rings. The molecule has 0 saturated carbocycles. The molecule has 1 amide bonds. The molecule has 2 heterocycles. The first-order chi connectivity index (χ1) is 9.02. The molecule has 7 nitrogen and oxygen atoms in total. The number of hydrogen-bond donors (Lipinski definition) is 2. The van der Waals surface area contributed by atoms with E-state index in [0.29, 0.717) is 23.7 Å². The van der Waals surface area contributed by atoms with Gasteiger partial charge in [-0.1, -0.05) is 18.3 Å². The standard InChI is InChI=1S/C11H16N4O3S/c1-6(2)8-9(19-14-13-8)10(16)15-4-3-12-5-7(15)11(17)18/h6-7,12H,3-5H2,1-2H3,(H,17,18). The largest absolute Gasteiger partial charge is 0.480 e. The fraction of sp³-hybridized carbons (Fsp3) is 0.636. The van der Waals surface area contributed by atoms with Crippen molar-refractivity contribution in [3.05, 3.63) is 10.6 Å². The molecule has 1 aromatic heterocycles. The molecular weight excluding hydrogens is 268 g/mol. The third kappa shape index (κ3) is 2.74. The van der Waals surface area contributed by atoms with Crippen LogP contribution in [0.2, 0.25) is 0 Å². The highest BCUT2D eigenvalue weighted by Gasteiger charge is 2.34. The molecular formula is C11H16N4O3S. The number of carbonyl (C=O) groups excluding carboxylic acids is 1. The summed E-state index contributed by atoms with van der Waals surface area (Å²) in [6.45, 7) is 5.11. The minimum absolute atomic E-state index is 0.0869. The summed E-state index contributed by atoms with van der Waals surface area (Å²) >= 11 is 1.03. The van der Waals surface area contributed by atoms with Gasteiger partial charge in [0.2, 0.25) is 0 Å². The van der Waals surface area contributed by atoms with Gasteiger partial charge >= 0.3 is 5.97 Å². The van der Waals surface area contributed by atoms with E-state index >= 15 is 0 Å². The maximum Gasteiger partial charge on any atom is 0.327 e. The first-order valence-corrected chi connectivity index (χ1v) is 6.86. The van der Waals surface area contributed by atoms with Crippen LogP contribution in [0.1, 0.15) is 35.1 Å². The third-order valence-corrected chi connectivity index (χ3v) is 3.77. The number of aliphatic carboxylic acids is 1. The van der Waals surface area contributed by atoms with Crippen molar-refractivity contribution in [2.24, 2.45) is 0 Å². The van der Waals surface area contributed by atoms with Gasteiger partial charge in [0.15, 0.2) is 0 Å². The Bertz CT molecular complexity index is 488. The maximum atomic E-state index is 12.5. The Morgan fingerprint density at radius 3 is 2.89 bits per heavy atom. The first-order valence-electron chi connectivity index (χ1n) is 6.09. The second-order valence-corrected chi connectivity index (χ2v) is 5.45. The number of aromatic nitrogens is 2. The molecule has 0 radical (unpaired) electrons. The van der Waals surface area contributed by atoms with Crippen molar-refractivity contribution in [2.75, 3.05) is 19.6 Å². The van der Waals surface area contributed by atoms with Gasteiger partial charge in [-0.2, -0.15) is 0 Å². The lowest BCUT2D eigenvalue weighted by Gasteiger charge is -2.33. The van der Waals surface area contributed by atoms with E-state index in [9.17, 15) is 14.7 Å². The first kappa shape index (κ1) is 13.9. The lowest BCUT2D eigenvalue weighted by Crippen LogP contribution is -2.57. The molecule has 1 aliphatic rings. The van der Waals surface area contributed by atoms with Crippen molar-refractivity contribution >= 4 is 23.4 Å². The molecule has 0 aliphatic carbocycles. The molecule has 0 spiro atoms. The molecule has 0 bridgehead atoms. The van der Waals surface area contributed by atoms with E-state index in [0.717, 1.165) is 11.5 Å². The highest BCUT2D eigenvalue weighted by atomic mass is 32.1. The summed E-state index contributed by atoms with van der Waals surface area (Å²) in [5, 5.41) is 16.1. The molecule has 1 unspecified atom stereocenters. The molecule has 8 heteroatoms. The zero-order valence-corrected chi connectivity index (χ0v) is 11.6. The van der Waals surface area contributed by atoms with Crippen LogP contribution >= 0.6 is 11.5 Å². The van der Waals surface area contributed by atoms with Gasteiger partial charge in [0.1, 0.15) is 10.9 Å². The predicted octanol–water partition coefficient (Wildman–Crippen LogP) is 0.160. The van der Waals surface area contributed by atoms with E-state index in [4.69, 9.17) is 0 Å². The molecule has 1 atom stereocenters. The fourth-order valence-corrected chi connectivity index (χ4v) is 2.80. The van der Waals surface area contributed by atoms with Gasteiger partial charge in [0.05, 0.1) is 5.69 Å². The van der Waals surface area contributed by atoms with Crippen molar-refractivity contribution in [3.8, 4) is 0 Å². The third-order valence-electron chi connectivity index (χ3n) is 3.04. The van der Waals surface area contributed by atoms with E-state index in [1.807, 2.05) is 13.8 Å². The van der Waals surface area contributed by atoms with Crippen LogP contribution in [0, 0.1) is 0 Å². The lowest BCUT2D eigenvalue weighted by molar-refractivity contribution is -0.142. The van der Waals surface area contributed by atoms with Crippen LogP contribution in [0.3, 0.4) is 0 Å². The van der Waals surface area contributed by atoms with Crippen molar-refractivity contribution in [1.82, 2.24) is 19.8 Å². The Labute approximate surface area is 114 Å². The van der Waals surface area contributed by atoms with Crippen LogP contribution in [-0.2, 0) is 4.79 Å². The summed E-state index contributed by atoms with van der Waals surface area (Å²) in [6.07, 6.45) is 0. The number of carbonyl (C=O) groups is 2. The van der Waals surface area contributed by atoms with Gasteiger partial charge in [-0.3, -0.25) is 4.79 Å². The number of nitrogens with zero attached hydrogens (tertiary/aromatic N) is 3. The summed E-state index contributed by atoms with van der Waals surface area (Å²) in [7, 11) is 0. The van der Waals surface area contributed by atoms with Crippen LogP contribution in [0.5, 0.6) is 0 Å². The quantitative estimate of drug-likeness (QED) is 0.821. The summed E-state index contributed by atoms with van der Waals surface area (Å²) in [6, 6.07) is -0.830. The van der Waals surface area contributed by atoms with Crippen molar-refractivity contribution in [1.29, 1.82) is 0 Å². The van der Waals surface area contributed by atoms with E-state index in [2.05, 4.69) is 14.9 Å². The number of carboxylic acid groups (broad SMARTS) is 1. The van der Waals surface area contributed by atoms with Crippen molar-refractivity contribution in [2.45, 2.75) is 25.8 Å². The van der Waals surface area contributed by atoms with E-state index in [1.54, 1.807) is 0 Å². The zero-order chi connectivity index (χ0) is 14.0. The second kappa shape index (κ2) is 5.62. The highest BCUT2D eigenvalue weighted by Crippen LogP contribution is 2.22. The highest BCUT2D eigenvalue weighted by molar-refractivity contribution is 7.08. The number of nitrogens with one attached hydrogen (secondary N) is 1. The summed E-state index contributed by atoms with van der Waals surface area (Å²) < 4.78 is 3.81. The van der Waals surface area contributed by atoms with Gasteiger partial charge in [-0.05, 0) is 17.5 Å². The maximum absolute atomic E-state index is 12.5. The van der Waals surface area contributed by atoms with E-state index in [-0.39, 0.29) is 18.4 Å². The summed E-state index contributed by atoms with van der Waals surface area (Å²) in [5.41, 5.74) is 0.637. The van der Waals surface area contributed by atoms with Gasteiger partial charge in [-0.15, -0.1) is 5.10 Å². The number of rotatable bonds is 3. The van der Waals surface area contributed by atoms with Crippen LogP contribution in [0.25, 0.3) is 0 Å². The molecule has 104 valence electrons. The van der Waals surface area contributed by atoms with Crippen LogP contribution in [0.4, 0.5) is 0 Å². The molecule has 2 rings (SSSR count). The molecule has 1 aliphatic heterocycles. The molecule has 1 aromatic rings. The van der Waals surface area contributed by atoms with Gasteiger partial charge in [0, 0.05) is 19.6 Å². The lowest BCUT2D eigenvalue weighted by atomic mass is 10.1. The Kier molecular flexibility index (Phi) is 4.11. The smallest absolute Gasteiger partial charge is 0.327 e. The number of hydrogen-bond acceptors (Lipinski definition) is 6. The minimum atomic E-state index is -0.996. The molecule has 19 heavy (non-hydrogen) atoms.